The van der Waals surface area contributed by atoms with Crippen LogP contribution in [-0.4, -0.2) is 23.9 Å². The molecular weight excluding hydrogens is 248 g/mol. The van der Waals surface area contributed by atoms with Crippen LogP contribution in [-0.2, 0) is 0 Å². The first kappa shape index (κ1) is 15.6. The van der Waals surface area contributed by atoms with Gasteiger partial charge in [0.25, 0.3) is 5.91 Å². The third-order valence-electron chi connectivity index (χ3n) is 2.64. The standard InChI is InChI=1S/C15H21F2NO/c1-10(2)8-18(9-11(3)4)15(19)12-6-5-7-13(16)14(12)17/h5-7,10-11H,8-9H2,1-4H3. The van der Waals surface area contributed by atoms with E-state index in [1.165, 1.54) is 12.1 Å². The fourth-order valence-corrected chi connectivity index (χ4v) is 1.96. The van der Waals surface area contributed by atoms with Gasteiger partial charge in [-0.05, 0) is 24.0 Å². The SMILES string of the molecule is CC(C)CN(CC(C)C)C(=O)c1cccc(F)c1F. The molecule has 0 aliphatic carbocycles. The Morgan fingerprint density at radius 3 is 2.11 bits per heavy atom. The van der Waals surface area contributed by atoms with E-state index in [2.05, 4.69) is 0 Å². The summed E-state index contributed by atoms with van der Waals surface area (Å²) < 4.78 is 26.8. The van der Waals surface area contributed by atoms with Gasteiger partial charge in [-0.25, -0.2) is 8.78 Å². The Hall–Kier alpha value is -1.45. The van der Waals surface area contributed by atoms with Crippen LogP contribution in [0.25, 0.3) is 0 Å². The Balaban J connectivity index is 3.01. The van der Waals surface area contributed by atoms with Gasteiger partial charge in [0, 0.05) is 13.1 Å². The molecule has 0 unspecified atom stereocenters. The molecule has 0 radical (unpaired) electrons. The maximum absolute atomic E-state index is 13.7. The van der Waals surface area contributed by atoms with Crippen molar-refractivity contribution in [2.75, 3.05) is 13.1 Å². The first-order valence-electron chi connectivity index (χ1n) is 6.56. The van der Waals surface area contributed by atoms with Crippen molar-refractivity contribution in [1.82, 2.24) is 4.90 Å². The molecule has 0 saturated heterocycles. The van der Waals surface area contributed by atoms with Crippen molar-refractivity contribution in [2.45, 2.75) is 27.7 Å². The van der Waals surface area contributed by atoms with Crippen molar-refractivity contribution in [3.8, 4) is 0 Å². The van der Waals surface area contributed by atoms with E-state index < -0.39 is 17.5 Å². The Morgan fingerprint density at radius 1 is 1.11 bits per heavy atom. The van der Waals surface area contributed by atoms with Gasteiger partial charge in [-0.2, -0.15) is 0 Å². The van der Waals surface area contributed by atoms with Crippen LogP contribution < -0.4 is 0 Å². The lowest BCUT2D eigenvalue weighted by atomic mass is 10.1. The van der Waals surface area contributed by atoms with Gasteiger partial charge in [-0.3, -0.25) is 4.79 Å². The maximum atomic E-state index is 13.7. The lowest BCUT2D eigenvalue weighted by Crippen LogP contribution is -2.37. The van der Waals surface area contributed by atoms with Gasteiger partial charge in [-0.15, -0.1) is 0 Å². The summed E-state index contributed by atoms with van der Waals surface area (Å²) in [4.78, 5) is 13.9. The summed E-state index contributed by atoms with van der Waals surface area (Å²) >= 11 is 0. The molecule has 1 aromatic carbocycles. The third-order valence-corrected chi connectivity index (χ3v) is 2.64. The number of hydrogen-bond donors (Lipinski definition) is 0. The second kappa shape index (κ2) is 6.64. The molecule has 0 N–H and O–H groups in total. The van der Waals surface area contributed by atoms with Crippen LogP contribution in [0.15, 0.2) is 18.2 Å². The van der Waals surface area contributed by atoms with Crippen molar-refractivity contribution in [3.05, 3.63) is 35.4 Å². The molecule has 0 spiro atoms. The number of carbonyl (C=O) groups is 1. The number of carbonyl (C=O) groups excluding carboxylic acids is 1. The molecule has 1 amide bonds. The summed E-state index contributed by atoms with van der Waals surface area (Å²) in [5, 5.41) is 0. The molecule has 0 aliphatic rings. The van der Waals surface area contributed by atoms with Gasteiger partial charge in [0.05, 0.1) is 5.56 Å². The number of amides is 1. The van der Waals surface area contributed by atoms with Crippen molar-refractivity contribution < 1.29 is 13.6 Å². The average Bonchev–Trinajstić information content (AvgIpc) is 2.30. The molecule has 1 aromatic rings. The highest BCUT2D eigenvalue weighted by atomic mass is 19.2. The van der Waals surface area contributed by atoms with E-state index in [9.17, 15) is 13.6 Å². The molecule has 0 saturated carbocycles. The number of benzene rings is 1. The highest BCUT2D eigenvalue weighted by Gasteiger charge is 2.22. The Morgan fingerprint density at radius 2 is 1.63 bits per heavy atom. The first-order chi connectivity index (χ1) is 8.82. The summed E-state index contributed by atoms with van der Waals surface area (Å²) in [6.07, 6.45) is 0. The fourth-order valence-electron chi connectivity index (χ4n) is 1.96. The van der Waals surface area contributed by atoms with Crippen LogP contribution in [0.2, 0.25) is 0 Å². The van der Waals surface area contributed by atoms with E-state index in [0.29, 0.717) is 13.1 Å². The molecule has 0 bridgehead atoms. The molecule has 0 fully saturated rings. The zero-order valence-corrected chi connectivity index (χ0v) is 11.9. The monoisotopic (exact) mass is 269 g/mol. The summed E-state index contributed by atoms with van der Waals surface area (Å²) in [5.74, 6) is -1.94. The second-order valence-electron chi connectivity index (χ2n) is 5.60. The quantitative estimate of drug-likeness (QED) is 0.797. The molecule has 2 nitrogen and oxygen atoms in total. The molecule has 0 aromatic heterocycles. The molecule has 4 heteroatoms. The van der Waals surface area contributed by atoms with Crippen LogP contribution in [0.4, 0.5) is 8.78 Å². The predicted octanol–water partition coefficient (Wildman–Crippen LogP) is 3.72. The van der Waals surface area contributed by atoms with Crippen LogP contribution >= 0.6 is 0 Å². The fraction of sp³-hybridized carbons (Fsp3) is 0.533. The number of nitrogens with zero attached hydrogens (tertiary/aromatic N) is 1. The Bertz CT molecular complexity index is 434. The molecule has 0 atom stereocenters. The van der Waals surface area contributed by atoms with Crippen LogP contribution in [0.3, 0.4) is 0 Å². The minimum atomic E-state index is -1.06. The zero-order chi connectivity index (χ0) is 14.6. The number of halogens is 2. The van der Waals surface area contributed by atoms with Gasteiger partial charge in [0.1, 0.15) is 0 Å². The molecule has 0 heterocycles. The van der Waals surface area contributed by atoms with E-state index in [0.717, 1.165) is 6.07 Å². The van der Waals surface area contributed by atoms with Crippen molar-refractivity contribution in [1.29, 1.82) is 0 Å². The van der Waals surface area contributed by atoms with Gasteiger partial charge in [0.2, 0.25) is 0 Å². The maximum Gasteiger partial charge on any atom is 0.256 e. The summed E-state index contributed by atoms with van der Waals surface area (Å²) in [6, 6.07) is 3.70. The minimum absolute atomic E-state index is 0.193. The predicted molar refractivity (Wildman–Crippen MR) is 71.9 cm³/mol. The normalized spacial score (nSPS) is 11.2. The Labute approximate surface area is 113 Å². The smallest absolute Gasteiger partial charge is 0.256 e. The third kappa shape index (κ3) is 4.30. The highest BCUT2D eigenvalue weighted by Crippen LogP contribution is 2.16. The lowest BCUT2D eigenvalue weighted by molar-refractivity contribution is 0.0709. The van der Waals surface area contributed by atoms with Gasteiger partial charge in [0.15, 0.2) is 11.6 Å². The average molecular weight is 269 g/mol. The van der Waals surface area contributed by atoms with Gasteiger partial charge in [-0.1, -0.05) is 33.8 Å². The summed E-state index contributed by atoms with van der Waals surface area (Å²) in [6.45, 7) is 9.02. The Kier molecular flexibility index (Phi) is 5.45. The van der Waals surface area contributed by atoms with E-state index >= 15 is 0 Å². The van der Waals surface area contributed by atoms with Crippen LogP contribution in [0.5, 0.6) is 0 Å². The molecule has 19 heavy (non-hydrogen) atoms. The van der Waals surface area contributed by atoms with E-state index in [4.69, 9.17) is 0 Å². The number of hydrogen-bond acceptors (Lipinski definition) is 1. The molecule has 0 aliphatic heterocycles. The topological polar surface area (TPSA) is 20.3 Å². The second-order valence-corrected chi connectivity index (χ2v) is 5.60. The lowest BCUT2D eigenvalue weighted by Gasteiger charge is -2.26. The molecular formula is C15H21F2NO. The van der Waals surface area contributed by atoms with E-state index in [1.807, 2.05) is 27.7 Å². The largest absolute Gasteiger partial charge is 0.338 e. The van der Waals surface area contributed by atoms with Crippen molar-refractivity contribution in [2.24, 2.45) is 11.8 Å². The van der Waals surface area contributed by atoms with E-state index in [1.54, 1.807) is 4.90 Å². The van der Waals surface area contributed by atoms with Gasteiger partial charge < -0.3 is 4.90 Å². The summed E-state index contributed by atoms with van der Waals surface area (Å²) in [5.41, 5.74) is -0.193. The van der Waals surface area contributed by atoms with Crippen molar-refractivity contribution >= 4 is 5.91 Å². The minimum Gasteiger partial charge on any atom is -0.338 e. The van der Waals surface area contributed by atoms with Crippen molar-refractivity contribution in [3.63, 3.8) is 0 Å². The zero-order valence-electron chi connectivity index (χ0n) is 11.9. The van der Waals surface area contributed by atoms with E-state index in [-0.39, 0.29) is 17.4 Å². The van der Waals surface area contributed by atoms with Gasteiger partial charge >= 0.3 is 0 Å². The first-order valence-corrected chi connectivity index (χ1v) is 6.56. The summed E-state index contributed by atoms with van der Waals surface area (Å²) in [7, 11) is 0. The van der Waals surface area contributed by atoms with Crippen LogP contribution in [0.1, 0.15) is 38.1 Å². The van der Waals surface area contributed by atoms with Crippen LogP contribution in [0, 0.1) is 23.5 Å². The highest BCUT2D eigenvalue weighted by molar-refractivity contribution is 5.94. The molecule has 1 rings (SSSR count). The number of rotatable bonds is 5. The molecule has 106 valence electrons.